The molecule has 2 aromatic rings. The zero-order valence-corrected chi connectivity index (χ0v) is 9.69. The van der Waals surface area contributed by atoms with E-state index in [2.05, 4.69) is 0 Å². The quantitative estimate of drug-likeness (QED) is 0.905. The van der Waals surface area contributed by atoms with Gasteiger partial charge in [-0.3, -0.25) is 0 Å². The van der Waals surface area contributed by atoms with Crippen molar-refractivity contribution in [2.75, 3.05) is 0 Å². The molecule has 0 radical (unpaired) electrons. The van der Waals surface area contributed by atoms with Gasteiger partial charge >= 0.3 is 5.97 Å². The maximum atomic E-state index is 10.8. The number of hydrogen-bond acceptors (Lipinski definition) is 3. The maximum Gasteiger partial charge on any atom is 0.339 e. The van der Waals surface area contributed by atoms with Gasteiger partial charge in [0.15, 0.2) is 5.22 Å². The van der Waals surface area contributed by atoms with E-state index in [-0.39, 0.29) is 5.56 Å². The summed E-state index contributed by atoms with van der Waals surface area (Å²) in [5.41, 5.74) is 0.155. The molecule has 0 unspecified atom stereocenters. The summed E-state index contributed by atoms with van der Waals surface area (Å²) < 4.78 is 10.4. The van der Waals surface area contributed by atoms with Crippen molar-refractivity contribution in [1.82, 2.24) is 0 Å². The fourth-order valence-electron chi connectivity index (χ4n) is 1.38. The number of aromatic carboxylic acids is 1. The molecule has 0 amide bonds. The Morgan fingerprint density at radius 3 is 2.53 bits per heavy atom. The molecule has 4 nitrogen and oxygen atoms in total. The van der Waals surface area contributed by atoms with E-state index in [4.69, 9.17) is 25.5 Å². The van der Waals surface area contributed by atoms with E-state index in [1.165, 1.54) is 6.07 Å². The molecule has 88 valence electrons. The maximum absolute atomic E-state index is 10.8. The molecule has 0 bridgehead atoms. The number of halogens is 1. The molecule has 2 rings (SSSR count). The van der Waals surface area contributed by atoms with E-state index in [1.54, 1.807) is 31.2 Å². The van der Waals surface area contributed by atoms with E-state index in [9.17, 15) is 4.79 Å². The molecule has 0 aliphatic heterocycles. The van der Waals surface area contributed by atoms with Crippen molar-refractivity contribution >= 4 is 29.7 Å². The third kappa shape index (κ3) is 2.60. The van der Waals surface area contributed by atoms with Crippen LogP contribution in [0.3, 0.4) is 0 Å². The predicted molar refractivity (Wildman–Crippen MR) is 63.1 cm³/mol. The Hall–Kier alpha value is -1.94. The number of furan rings is 2. The highest BCUT2D eigenvalue weighted by molar-refractivity contribution is 6.28. The van der Waals surface area contributed by atoms with Crippen LogP contribution in [0.5, 0.6) is 0 Å². The van der Waals surface area contributed by atoms with Crippen molar-refractivity contribution in [3.8, 4) is 0 Å². The summed E-state index contributed by atoms with van der Waals surface area (Å²) >= 11 is 5.61. The second kappa shape index (κ2) is 4.51. The van der Waals surface area contributed by atoms with Gasteiger partial charge in [-0.15, -0.1) is 0 Å². The number of carboxylic acids is 1. The molecule has 0 atom stereocenters. The Morgan fingerprint density at radius 1 is 1.29 bits per heavy atom. The van der Waals surface area contributed by atoms with Crippen LogP contribution >= 0.6 is 11.6 Å². The summed E-state index contributed by atoms with van der Waals surface area (Å²) in [6, 6.07) is 4.78. The molecule has 5 heteroatoms. The van der Waals surface area contributed by atoms with Gasteiger partial charge in [0.05, 0.1) is 0 Å². The highest BCUT2D eigenvalue weighted by Crippen LogP contribution is 2.19. The van der Waals surface area contributed by atoms with Crippen molar-refractivity contribution in [3.63, 3.8) is 0 Å². The van der Waals surface area contributed by atoms with Gasteiger partial charge in [0, 0.05) is 0 Å². The van der Waals surface area contributed by atoms with Crippen molar-refractivity contribution in [3.05, 3.63) is 46.3 Å². The molecule has 0 aliphatic rings. The Labute approximate surface area is 102 Å². The first kappa shape index (κ1) is 11.5. The van der Waals surface area contributed by atoms with Crippen LogP contribution in [-0.2, 0) is 0 Å². The molecule has 0 saturated heterocycles. The lowest BCUT2D eigenvalue weighted by Gasteiger charge is -1.86. The number of aryl methyl sites for hydroxylation is 1. The minimum absolute atomic E-state index is 0.155. The van der Waals surface area contributed by atoms with Gasteiger partial charge in [-0.25, -0.2) is 4.79 Å². The highest BCUT2D eigenvalue weighted by Gasteiger charge is 2.11. The van der Waals surface area contributed by atoms with Gasteiger partial charge in [0.1, 0.15) is 22.8 Å². The van der Waals surface area contributed by atoms with E-state index < -0.39 is 5.97 Å². The minimum atomic E-state index is -1.01. The number of carboxylic acid groups (broad SMARTS) is 1. The fraction of sp³-hybridized carbons (Fsp3) is 0.0833. The van der Waals surface area contributed by atoms with Crippen LogP contribution in [0.1, 0.15) is 27.6 Å². The van der Waals surface area contributed by atoms with Crippen LogP contribution < -0.4 is 0 Å². The van der Waals surface area contributed by atoms with Gasteiger partial charge in [0.25, 0.3) is 0 Å². The first-order valence-corrected chi connectivity index (χ1v) is 5.21. The fourth-order valence-corrected chi connectivity index (χ4v) is 1.53. The van der Waals surface area contributed by atoms with Crippen molar-refractivity contribution in [2.24, 2.45) is 0 Å². The summed E-state index contributed by atoms with van der Waals surface area (Å²) in [4.78, 5) is 10.8. The topological polar surface area (TPSA) is 63.6 Å². The monoisotopic (exact) mass is 252 g/mol. The molecule has 0 aromatic carbocycles. The predicted octanol–water partition coefficient (Wildman–Crippen LogP) is 3.70. The standard InChI is InChI=1S/C12H9ClO4/c1-7-10(12(14)15)6-9(16-7)3-2-8-4-5-11(13)17-8/h2-6H,1H3,(H,14,15). The zero-order chi connectivity index (χ0) is 12.4. The second-order valence-electron chi connectivity index (χ2n) is 3.40. The summed E-state index contributed by atoms with van der Waals surface area (Å²) in [5.74, 6) is 0.384. The normalized spacial score (nSPS) is 11.2. The van der Waals surface area contributed by atoms with Crippen LogP contribution in [0.15, 0.2) is 27.0 Å². The Balaban J connectivity index is 2.22. The summed E-state index contributed by atoms with van der Waals surface area (Å²) in [6.45, 7) is 1.60. The second-order valence-corrected chi connectivity index (χ2v) is 3.77. The van der Waals surface area contributed by atoms with E-state index in [0.717, 1.165) is 0 Å². The van der Waals surface area contributed by atoms with Crippen LogP contribution in [0.4, 0.5) is 0 Å². The molecule has 0 fully saturated rings. The van der Waals surface area contributed by atoms with E-state index >= 15 is 0 Å². The van der Waals surface area contributed by atoms with Crippen molar-refractivity contribution in [1.29, 1.82) is 0 Å². The van der Waals surface area contributed by atoms with Crippen LogP contribution in [0.25, 0.3) is 12.2 Å². The number of hydrogen-bond donors (Lipinski definition) is 1. The van der Waals surface area contributed by atoms with Gasteiger partial charge in [-0.1, -0.05) is 0 Å². The number of carbonyl (C=O) groups is 1. The van der Waals surface area contributed by atoms with E-state index in [0.29, 0.717) is 22.5 Å². The first-order valence-electron chi connectivity index (χ1n) is 4.83. The molecule has 2 heterocycles. The molecule has 2 aromatic heterocycles. The third-order valence-electron chi connectivity index (χ3n) is 2.17. The van der Waals surface area contributed by atoms with Gasteiger partial charge in [-0.2, -0.15) is 0 Å². The highest BCUT2D eigenvalue weighted by atomic mass is 35.5. The Morgan fingerprint density at radius 2 is 2.00 bits per heavy atom. The number of rotatable bonds is 3. The van der Waals surface area contributed by atoms with E-state index in [1.807, 2.05) is 0 Å². The molecule has 17 heavy (non-hydrogen) atoms. The average molecular weight is 253 g/mol. The zero-order valence-electron chi connectivity index (χ0n) is 8.94. The Kier molecular flexibility index (Phi) is 3.06. The van der Waals surface area contributed by atoms with Gasteiger partial charge in [-0.05, 0) is 48.9 Å². The van der Waals surface area contributed by atoms with Gasteiger partial charge < -0.3 is 13.9 Å². The van der Waals surface area contributed by atoms with Crippen LogP contribution in [0.2, 0.25) is 5.22 Å². The largest absolute Gasteiger partial charge is 0.478 e. The van der Waals surface area contributed by atoms with Crippen molar-refractivity contribution in [2.45, 2.75) is 6.92 Å². The van der Waals surface area contributed by atoms with Crippen LogP contribution in [0, 0.1) is 6.92 Å². The Bertz CT molecular complexity index is 577. The smallest absolute Gasteiger partial charge is 0.339 e. The summed E-state index contributed by atoms with van der Waals surface area (Å²) in [6.07, 6.45) is 3.27. The first-order chi connectivity index (χ1) is 8.06. The lowest BCUT2D eigenvalue weighted by molar-refractivity contribution is 0.0695. The lowest BCUT2D eigenvalue weighted by atomic mass is 10.2. The summed E-state index contributed by atoms with van der Waals surface area (Å²) in [7, 11) is 0. The average Bonchev–Trinajstić information content (AvgIpc) is 2.82. The summed E-state index contributed by atoms with van der Waals surface area (Å²) in [5, 5.41) is 9.15. The minimum Gasteiger partial charge on any atom is -0.478 e. The molecule has 0 saturated carbocycles. The van der Waals surface area contributed by atoms with Gasteiger partial charge in [0.2, 0.25) is 0 Å². The molecular formula is C12H9ClO4. The SMILES string of the molecule is Cc1oc(C=Cc2ccc(Cl)o2)cc1C(=O)O. The van der Waals surface area contributed by atoms with Crippen molar-refractivity contribution < 1.29 is 18.7 Å². The molecule has 0 aliphatic carbocycles. The molecule has 0 spiro atoms. The third-order valence-corrected chi connectivity index (χ3v) is 2.38. The lowest BCUT2D eigenvalue weighted by Crippen LogP contribution is -1.94. The van der Waals surface area contributed by atoms with Crippen LogP contribution in [-0.4, -0.2) is 11.1 Å². The molecular weight excluding hydrogens is 244 g/mol. The molecule has 1 N–H and O–H groups in total.